The average molecular weight is 295 g/mol. The first-order valence-corrected chi connectivity index (χ1v) is 7.16. The van der Waals surface area contributed by atoms with Crippen molar-refractivity contribution in [2.75, 3.05) is 13.1 Å². The topological polar surface area (TPSA) is 69.7 Å². The lowest BCUT2D eigenvalue weighted by Gasteiger charge is -2.35. The first-order valence-electron chi connectivity index (χ1n) is 7.16. The molecule has 21 heavy (non-hydrogen) atoms. The van der Waals surface area contributed by atoms with Gasteiger partial charge in [-0.25, -0.2) is 0 Å². The second-order valence-corrected chi connectivity index (χ2v) is 6.58. The first-order chi connectivity index (χ1) is 9.53. The minimum absolute atomic E-state index is 0.117. The molecule has 6 nitrogen and oxygen atoms in total. The highest BCUT2D eigenvalue weighted by Gasteiger charge is 2.31. The van der Waals surface area contributed by atoms with E-state index in [9.17, 15) is 14.4 Å². The molecule has 0 radical (unpaired) electrons. The number of amides is 3. The molecule has 1 aliphatic rings. The van der Waals surface area contributed by atoms with Crippen LogP contribution in [-0.2, 0) is 14.4 Å². The van der Waals surface area contributed by atoms with Crippen molar-refractivity contribution in [1.82, 2.24) is 15.1 Å². The lowest BCUT2D eigenvalue weighted by atomic mass is 10.1. The molecule has 3 amide bonds. The molecule has 1 aliphatic heterocycles. The summed E-state index contributed by atoms with van der Waals surface area (Å²) in [5.74, 6) is -0.816. The molecule has 0 aromatic carbocycles. The van der Waals surface area contributed by atoms with Crippen LogP contribution in [0.15, 0.2) is 11.9 Å². The monoisotopic (exact) mass is 295 g/mol. The molecule has 0 bridgehead atoms. The summed E-state index contributed by atoms with van der Waals surface area (Å²) in [4.78, 5) is 39.1. The normalized spacial score (nSPS) is 15.9. The third-order valence-corrected chi connectivity index (χ3v) is 3.02. The fourth-order valence-corrected chi connectivity index (χ4v) is 1.98. The maximum atomic E-state index is 12.4. The number of carbonyl (C=O) groups is 3. The van der Waals surface area contributed by atoms with Gasteiger partial charge < -0.3 is 15.1 Å². The van der Waals surface area contributed by atoms with E-state index >= 15 is 0 Å². The highest BCUT2D eigenvalue weighted by Crippen LogP contribution is 2.17. The SMILES string of the molecule is CC(=O)N1C=C(C(=O)NC(C)(C)C)N(C(=O)C(C)C)CC1. The Balaban J connectivity index is 3.10. The molecule has 1 heterocycles. The van der Waals surface area contributed by atoms with Crippen molar-refractivity contribution in [2.45, 2.75) is 47.1 Å². The summed E-state index contributed by atoms with van der Waals surface area (Å²) in [6.07, 6.45) is 1.47. The van der Waals surface area contributed by atoms with Gasteiger partial charge in [-0.05, 0) is 20.8 Å². The van der Waals surface area contributed by atoms with Crippen LogP contribution in [0.4, 0.5) is 0 Å². The molecule has 0 aliphatic carbocycles. The number of hydrogen-bond donors (Lipinski definition) is 1. The highest BCUT2D eigenvalue weighted by atomic mass is 16.2. The van der Waals surface area contributed by atoms with Crippen LogP contribution in [-0.4, -0.2) is 46.1 Å². The fourth-order valence-electron chi connectivity index (χ4n) is 1.98. The zero-order chi connectivity index (χ0) is 16.4. The Bertz CT molecular complexity index is 475. The van der Waals surface area contributed by atoms with Crippen LogP contribution in [0, 0.1) is 5.92 Å². The fraction of sp³-hybridized carbons (Fsp3) is 0.667. The Morgan fingerprint density at radius 1 is 1.19 bits per heavy atom. The summed E-state index contributed by atoms with van der Waals surface area (Å²) in [6, 6.07) is 0. The highest BCUT2D eigenvalue weighted by molar-refractivity contribution is 5.98. The largest absolute Gasteiger partial charge is 0.346 e. The lowest BCUT2D eigenvalue weighted by molar-refractivity contribution is -0.138. The molecule has 118 valence electrons. The van der Waals surface area contributed by atoms with Gasteiger partial charge in [-0.2, -0.15) is 0 Å². The number of nitrogens with zero attached hydrogens (tertiary/aromatic N) is 2. The van der Waals surface area contributed by atoms with Crippen LogP contribution in [0.25, 0.3) is 0 Å². The summed E-state index contributed by atoms with van der Waals surface area (Å²) in [5, 5.41) is 2.83. The summed E-state index contributed by atoms with van der Waals surface area (Å²) >= 11 is 0. The average Bonchev–Trinajstić information content (AvgIpc) is 2.34. The molecule has 0 saturated carbocycles. The van der Waals surface area contributed by atoms with E-state index in [0.29, 0.717) is 13.1 Å². The van der Waals surface area contributed by atoms with E-state index in [0.717, 1.165) is 0 Å². The van der Waals surface area contributed by atoms with Crippen LogP contribution >= 0.6 is 0 Å². The third-order valence-electron chi connectivity index (χ3n) is 3.02. The van der Waals surface area contributed by atoms with E-state index in [1.807, 2.05) is 20.8 Å². The molecule has 0 aromatic rings. The predicted molar refractivity (Wildman–Crippen MR) is 79.9 cm³/mol. The van der Waals surface area contributed by atoms with Crippen molar-refractivity contribution in [2.24, 2.45) is 5.92 Å². The van der Waals surface area contributed by atoms with Crippen molar-refractivity contribution in [3.8, 4) is 0 Å². The van der Waals surface area contributed by atoms with Crippen LogP contribution in [0.5, 0.6) is 0 Å². The van der Waals surface area contributed by atoms with Gasteiger partial charge in [-0.1, -0.05) is 13.8 Å². The van der Waals surface area contributed by atoms with Gasteiger partial charge in [-0.15, -0.1) is 0 Å². The Labute approximate surface area is 126 Å². The van der Waals surface area contributed by atoms with Gasteiger partial charge in [0.25, 0.3) is 5.91 Å². The number of carbonyl (C=O) groups excluding carboxylic acids is 3. The van der Waals surface area contributed by atoms with Crippen LogP contribution in [0.3, 0.4) is 0 Å². The summed E-state index contributed by atoms with van der Waals surface area (Å²) < 4.78 is 0. The van der Waals surface area contributed by atoms with Crippen molar-refractivity contribution < 1.29 is 14.4 Å². The molecular formula is C15H25N3O3. The Kier molecular flexibility index (Phi) is 5.15. The molecule has 1 N–H and O–H groups in total. The van der Waals surface area contributed by atoms with E-state index in [4.69, 9.17) is 0 Å². The maximum Gasteiger partial charge on any atom is 0.269 e. The number of nitrogens with one attached hydrogen (secondary N) is 1. The van der Waals surface area contributed by atoms with Gasteiger partial charge >= 0.3 is 0 Å². The van der Waals surface area contributed by atoms with Gasteiger partial charge in [-0.3, -0.25) is 14.4 Å². The van der Waals surface area contributed by atoms with Gasteiger partial charge in [0.15, 0.2) is 0 Å². The molecule has 6 heteroatoms. The second-order valence-electron chi connectivity index (χ2n) is 6.58. The quantitative estimate of drug-likeness (QED) is 0.829. The van der Waals surface area contributed by atoms with E-state index < -0.39 is 5.54 Å². The molecule has 0 saturated heterocycles. The molecule has 0 spiro atoms. The summed E-state index contributed by atoms with van der Waals surface area (Å²) in [6.45, 7) is 11.4. The zero-order valence-electron chi connectivity index (χ0n) is 13.7. The standard InChI is InChI=1S/C15H25N3O3/c1-10(2)14(21)18-8-7-17(11(3)19)9-12(18)13(20)16-15(4,5)6/h9-10H,7-8H2,1-6H3,(H,16,20). The van der Waals surface area contributed by atoms with Gasteiger partial charge in [0.1, 0.15) is 5.70 Å². The summed E-state index contributed by atoms with van der Waals surface area (Å²) in [7, 11) is 0. The molecule has 1 rings (SSSR count). The van der Waals surface area contributed by atoms with E-state index in [-0.39, 0.29) is 29.3 Å². The van der Waals surface area contributed by atoms with Crippen LogP contribution in [0.2, 0.25) is 0 Å². The second kappa shape index (κ2) is 6.28. The Morgan fingerprint density at radius 2 is 1.76 bits per heavy atom. The van der Waals surface area contributed by atoms with Gasteiger partial charge in [0.2, 0.25) is 11.8 Å². The lowest BCUT2D eigenvalue weighted by Crippen LogP contribution is -2.51. The van der Waals surface area contributed by atoms with E-state index in [1.165, 1.54) is 22.9 Å². The van der Waals surface area contributed by atoms with Crippen molar-refractivity contribution in [3.05, 3.63) is 11.9 Å². The van der Waals surface area contributed by atoms with E-state index in [1.54, 1.807) is 13.8 Å². The molecule has 0 unspecified atom stereocenters. The van der Waals surface area contributed by atoms with Gasteiger partial charge in [0.05, 0.1) is 0 Å². The minimum Gasteiger partial charge on any atom is -0.346 e. The van der Waals surface area contributed by atoms with Crippen LogP contribution in [0.1, 0.15) is 41.5 Å². The Hall–Kier alpha value is -1.85. The maximum absolute atomic E-state index is 12.4. The molecule has 0 fully saturated rings. The zero-order valence-corrected chi connectivity index (χ0v) is 13.7. The van der Waals surface area contributed by atoms with Crippen molar-refractivity contribution in [3.63, 3.8) is 0 Å². The van der Waals surface area contributed by atoms with Gasteiger partial charge in [0, 0.05) is 37.7 Å². The summed E-state index contributed by atoms with van der Waals surface area (Å²) in [5.41, 5.74) is -0.187. The molecule has 0 atom stereocenters. The number of hydrogen-bond acceptors (Lipinski definition) is 3. The molecule has 0 aromatic heterocycles. The first kappa shape index (κ1) is 17.2. The molecular weight excluding hydrogens is 270 g/mol. The predicted octanol–water partition coefficient (Wildman–Crippen LogP) is 1.09. The third kappa shape index (κ3) is 4.58. The van der Waals surface area contributed by atoms with Crippen LogP contribution < -0.4 is 5.32 Å². The number of rotatable bonds is 2. The minimum atomic E-state index is -0.414. The Morgan fingerprint density at radius 3 is 2.19 bits per heavy atom. The van der Waals surface area contributed by atoms with Crippen molar-refractivity contribution >= 4 is 17.7 Å². The van der Waals surface area contributed by atoms with E-state index in [2.05, 4.69) is 5.32 Å². The van der Waals surface area contributed by atoms with Crippen molar-refractivity contribution in [1.29, 1.82) is 0 Å². The smallest absolute Gasteiger partial charge is 0.269 e.